The van der Waals surface area contributed by atoms with Crippen LogP contribution in [0.25, 0.3) is 12.2 Å². The van der Waals surface area contributed by atoms with E-state index in [1.165, 1.54) is 6.42 Å². The Kier molecular flexibility index (Phi) is 15.1. The first-order valence-corrected chi connectivity index (χ1v) is 10.9. The van der Waals surface area contributed by atoms with Crippen LogP contribution in [0.2, 0.25) is 0 Å². The number of carbonyl (C=O) groups is 2. The van der Waals surface area contributed by atoms with Crippen LogP contribution in [0.3, 0.4) is 0 Å². The van der Waals surface area contributed by atoms with Crippen molar-refractivity contribution < 1.29 is 19.1 Å². The lowest BCUT2D eigenvalue weighted by Gasteiger charge is -2.00. The first-order chi connectivity index (χ1) is 15.8. The van der Waals surface area contributed by atoms with E-state index in [1.807, 2.05) is 84.9 Å². The number of hydrogen-bond donors (Lipinski definition) is 0. The molecule has 0 radical (unpaired) electrons. The van der Waals surface area contributed by atoms with Crippen LogP contribution in [0.5, 0.6) is 11.5 Å². The molecule has 3 aromatic rings. The fourth-order valence-electron chi connectivity index (χ4n) is 2.56. The number of carbonyl (C=O) groups excluding carboxylic acids is 2. The SMILES string of the molecule is C.CC(=O)c1ccc(C=Cc2ccc(C(C)=O)cc2)cc1.CCC.COc1ccc(OC)cc1. The largest absolute Gasteiger partial charge is 0.497 e. The molecule has 0 aliphatic heterocycles. The standard InChI is InChI=1S/C18H16O2.C8H10O2.C3H8.CH4/c1-13(19)17-9-5-15(6-10-17)3-4-16-7-11-18(12-8-16)14(2)20;1-9-7-3-5-8(10-2)6-4-7;1-3-2;/h3-12H,1-2H3;3-6H,1-2H3;3H2,1-2H3;1H4. The average molecular weight is 463 g/mol. The van der Waals surface area contributed by atoms with Crippen LogP contribution in [0, 0.1) is 0 Å². The van der Waals surface area contributed by atoms with Gasteiger partial charge in [-0.2, -0.15) is 0 Å². The van der Waals surface area contributed by atoms with Crippen molar-refractivity contribution in [1.29, 1.82) is 0 Å². The minimum atomic E-state index is 0. The van der Waals surface area contributed by atoms with Gasteiger partial charge in [-0.3, -0.25) is 9.59 Å². The van der Waals surface area contributed by atoms with E-state index < -0.39 is 0 Å². The zero-order chi connectivity index (χ0) is 24.6. The summed E-state index contributed by atoms with van der Waals surface area (Å²) in [5.74, 6) is 1.84. The molecule has 4 heteroatoms. The molecule has 3 aromatic carbocycles. The van der Waals surface area contributed by atoms with Gasteiger partial charge in [0.15, 0.2) is 11.6 Å². The Labute approximate surface area is 205 Å². The van der Waals surface area contributed by atoms with Gasteiger partial charge in [-0.15, -0.1) is 0 Å². The van der Waals surface area contributed by atoms with Crippen molar-refractivity contribution in [2.24, 2.45) is 0 Å². The van der Waals surface area contributed by atoms with Crippen LogP contribution in [0.15, 0.2) is 72.8 Å². The molecule has 0 bridgehead atoms. The quantitative estimate of drug-likeness (QED) is 0.275. The minimum absolute atomic E-state index is 0. The van der Waals surface area contributed by atoms with Crippen LogP contribution in [-0.4, -0.2) is 25.8 Å². The van der Waals surface area contributed by atoms with Gasteiger partial charge in [0, 0.05) is 11.1 Å². The molecule has 0 N–H and O–H groups in total. The Bertz CT molecular complexity index is 917. The number of methoxy groups -OCH3 is 2. The number of Topliss-reactive ketones (excluding diaryl/α,β-unsaturated/α-hetero) is 2. The highest BCUT2D eigenvalue weighted by molar-refractivity contribution is 5.95. The molecule has 0 fully saturated rings. The molecule has 0 amide bonds. The zero-order valence-corrected chi connectivity index (χ0v) is 20.4. The number of benzene rings is 3. The number of ketones is 2. The molecule has 3 rings (SSSR count). The summed E-state index contributed by atoms with van der Waals surface area (Å²) in [4.78, 5) is 22.4. The Hall–Kier alpha value is -3.66. The smallest absolute Gasteiger partial charge is 0.159 e. The van der Waals surface area contributed by atoms with Gasteiger partial charge in [0.25, 0.3) is 0 Å². The topological polar surface area (TPSA) is 52.6 Å². The third-order valence-corrected chi connectivity index (χ3v) is 4.40. The monoisotopic (exact) mass is 462 g/mol. The van der Waals surface area contributed by atoms with Crippen LogP contribution in [0.4, 0.5) is 0 Å². The third-order valence-electron chi connectivity index (χ3n) is 4.40. The second-order valence-corrected chi connectivity index (χ2v) is 7.28. The normalized spacial score (nSPS) is 9.47. The van der Waals surface area contributed by atoms with E-state index in [9.17, 15) is 9.59 Å². The minimum Gasteiger partial charge on any atom is -0.497 e. The molecule has 0 saturated heterocycles. The summed E-state index contributed by atoms with van der Waals surface area (Å²) in [6.45, 7) is 7.36. The summed E-state index contributed by atoms with van der Waals surface area (Å²) in [5, 5.41) is 0. The number of hydrogen-bond acceptors (Lipinski definition) is 4. The molecule has 0 atom stereocenters. The highest BCUT2D eigenvalue weighted by atomic mass is 16.5. The summed E-state index contributed by atoms with van der Waals surface area (Å²) in [6.07, 6.45) is 5.21. The summed E-state index contributed by atoms with van der Waals surface area (Å²) in [7, 11) is 3.28. The second-order valence-electron chi connectivity index (χ2n) is 7.28. The van der Waals surface area contributed by atoms with Crippen molar-refractivity contribution >= 4 is 23.7 Å². The van der Waals surface area contributed by atoms with E-state index >= 15 is 0 Å². The second kappa shape index (κ2) is 16.9. The summed E-state index contributed by atoms with van der Waals surface area (Å²) >= 11 is 0. The fraction of sp³-hybridized carbons (Fsp3) is 0.267. The molecule has 34 heavy (non-hydrogen) atoms. The molecular weight excluding hydrogens is 424 g/mol. The molecule has 0 spiro atoms. The lowest BCUT2D eigenvalue weighted by molar-refractivity contribution is 0.100. The maximum absolute atomic E-state index is 11.2. The van der Waals surface area contributed by atoms with E-state index in [4.69, 9.17) is 9.47 Å². The van der Waals surface area contributed by atoms with Crippen molar-refractivity contribution in [1.82, 2.24) is 0 Å². The predicted octanol–water partition coefficient (Wildman–Crippen LogP) is 8.02. The first-order valence-electron chi connectivity index (χ1n) is 10.9. The lowest BCUT2D eigenvalue weighted by Crippen LogP contribution is -1.90. The van der Waals surface area contributed by atoms with Crippen LogP contribution < -0.4 is 9.47 Å². The maximum Gasteiger partial charge on any atom is 0.159 e. The zero-order valence-electron chi connectivity index (χ0n) is 20.4. The molecular formula is C30H38O4. The van der Waals surface area contributed by atoms with E-state index in [2.05, 4.69) is 13.8 Å². The summed E-state index contributed by atoms with van der Waals surface area (Å²) < 4.78 is 9.92. The van der Waals surface area contributed by atoms with Crippen molar-refractivity contribution in [3.8, 4) is 11.5 Å². The Morgan fingerprint density at radius 1 is 0.618 bits per heavy atom. The molecule has 0 aliphatic carbocycles. The molecule has 0 aromatic heterocycles. The number of ether oxygens (including phenoxy) is 2. The third kappa shape index (κ3) is 11.3. The predicted molar refractivity (Wildman–Crippen MR) is 144 cm³/mol. The molecule has 0 saturated carbocycles. The van der Waals surface area contributed by atoms with Gasteiger partial charge >= 0.3 is 0 Å². The van der Waals surface area contributed by atoms with Crippen LogP contribution in [-0.2, 0) is 0 Å². The van der Waals surface area contributed by atoms with E-state index in [1.54, 1.807) is 28.1 Å². The van der Waals surface area contributed by atoms with E-state index in [0.717, 1.165) is 22.6 Å². The molecule has 0 heterocycles. The molecule has 0 aliphatic rings. The molecule has 0 unspecified atom stereocenters. The van der Waals surface area contributed by atoms with Crippen molar-refractivity contribution in [3.05, 3.63) is 95.1 Å². The lowest BCUT2D eigenvalue weighted by atomic mass is 10.1. The summed E-state index contributed by atoms with van der Waals surface area (Å²) in [6, 6.07) is 22.4. The van der Waals surface area contributed by atoms with Gasteiger partial charge < -0.3 is 9.47 Å². The van der Waals surface area contributed by atoms with Gasteiger partial charge in [0.05, 0.1) is 14.2 Å². The maximum atomic E-state index is 11.2. The van der Waals surface area contributed by atoms with Gasteiger partial charge in [0.1, 0.15) is 11.5 Å². The molecule has 4 nitrogen and oxygen atoms in total. The Balaban J connectivity index is 0.000000654. The highest BCUT2D eigenvalue weighted by Crippen LogP contribution is 2.16. The number of rotatable bonds is 6. The van der Waals surface area contributed by atoms with E-state index in [0.29, 0.717) is 11.1 Å². The average Bonchev–Trinajstić information content (AvgIpc) is 2.84. The van der Waals surface area contributed by atoms with Crippen LogP contribution in [0.1, 0.15) is 73.4 Å². The summed E-state index contributed by atoms with van der Waals surface area (Å²) in [5.41, 5.74) is 3.50. The van der Waals surface area contributed by atoms with Gasteiger partial charge in [-0.25, -0.2) is 0 Å². The van der Waals surface area contributed by atoms with Crippen molar-refractivity contribution in [2.45, 2.75) is 41.5 Å². The Morgan fingerprint density at radius 3 is 1.09 bits per heavy atom. The van der Waals surface area contributed by atoms with Crippen molar-refractivity contribution in [3.63, 3.8) is 0 Å². The molecule has 182 valence electrons. The first kappa shape index (κ1) is 30.3. The Morgan fingerprint density at radius 2 is 0.882 bits per heavy atom. The highest BCUT2D eigenvalue weighted by Gasteiger charge is 1.98. The van der Waals surface area contributed by atoms with E-state index in [-0.39, 0.29) is 19.0 Å². The van der Waals surface area contributed by atoms with Gasteiger partial charge in [0.2, 0.25) is 0 Å². The van der Waals surface area contributed by atoms with Gasteiger partial charge in [-0.05, 0) is 49.2 Å². The van der Waals surface area contributed by atoms with Gasteiger partial charge in [-0.1, -0.05) is 88.4 Å². The van der Waals surface area contributed by atoms with Crippen LogP contribution >= 0.6 is 0 Å². The fourth-order valence-corrected chi connectivity index (χ4v) is 2.56. The van der Waals surface area contributed by atoms with Crippen molar-refractivity contribution in [2.75, 3.05) is 14.2 Å².